The van der Waals surface area contributed by atoms with Crippen LogP contribution in [0.25, 0.3) is 0 Å². The second kappa shape index (κ2) is 6.73. The van der Waals surface area contributed by atoms with Gasteiger partial charge in [-0.3, -0.25) is 4.79 Å². The summed E-state index contributed by atoms with van der Waals surface area (Å²) in [6, 6.07) is 5.11. The van der Waals surface area contributed by atoms with Crippen LogP contribution in [0.1, 0.15) is 28.3 Å². The molecule has 1 amide bonds. The summed E-state index contributed by atoms with van der Waals surface area (Å²) in [7, 11) is 3.16. The molecule has 0 bridgehead atoms. The normalized spacial score (nSPS) is 11.8. The van der Waals surface area contributed by atoms with Gasteiger partial charge in [-0.25, -0.2) is 0 Å². The molecule has 0 spiro atoms. The van der Waals surface area contributed by atoms with Gasteiger partial charge >= 0.3 is 0 Å². The SMILES string of the molecule is COc1ccc(OC)c(C(C)NC(=O)c2nnc(Cl)s2)c1. The Labute approximate surface area is 131 Å². The highest BCUT2D eigenvalue weighted by Gasteiger charge is 2.18. The van der Waals surface area contributed by atoms with E-state index in [0.717, 1.165) is 16.9 Å². The first-order valence-corrected chi connectivity index (χ1v) is 7.26. The predicted octanol–water partition coefficient (Wildman–Crippen LogP) is 2.70. The van der Waals surface area contributed by atoms with Crippen LogP contribution in [0, 0.1) is 0 Å². The van der Waals surface area contributed by atoms with E-state index in [1.165, 1.54) is 0 Å². The zero-order chi connectivity index (χ0) is 15.4. The molecule has 6 nitrogen and oxygen atoms in total. The van der Waals surface area contributed by atoms with E-state index in [1.54, 1.807) is 26.4 Å². The number of nitrogens with zero attached hydrogens (tertiary/aromatic N) is 2. The van der Waals surface area contributed by atoms with Crippen LogP contribution in [0.5, 0.6) is 11.5 Å². The fourth-order valence-corrected chi connectivity index (χ4v) is 2.54. The topological polar surface area (TPSA) is 73.3 Å². The number of rotatable bonds is 5. The summed E-state index contributed by atoms with van der Waals surface area (Å²) in [4.78, 5) is 12.1. The Bertz CT molecular complexity index is 647. The summed E-state index contributed by atoms with van der Waals surface area (Å²) in [6.45, 7) is 1.85. The molecule has 0 saturated heterocycles. The third-order valence-corrected chi connectivity index (χ3v) is 3.86. The van der Waals surface area contributed by atoms with Crippen LogP contribution in [0.4, 0.5) is 0 Å². The number of benzene rings is 1. The summed E-state index contributed by atoms with van der Waals surface area (Å²) in [5.74, 6) is 1.02. The Balaban J connectivity index is 2.19. The molecule has 1 heterocycles. The first-order chi connectivity index (χ1) is 10.0. The minimum atomic E-state index is -0.336. The van der Waals surface area contributed by atoms with Gasteiger partial charge < -0.3 is 14.8 Å². The van der Waals surface area contributed by atoms with E-state index in [1.807, 2.05) is 13.0 Å². The lowest BCUT2D eigenvalue weighted by molar-refractivity contribution is 0.0938. The van der Waals surface area contributed by atoms with Crippen LogP contribution < -0.4 is 14.8 Å². The molecule has 0 fully saturated rings. The number of methoxy groups -OCH3 is 2. The summed E-state index contributed by atoms with van der Waals surface area (Å²) in [5.41, 5.74) is 0.806. The Morgan fingerprint density at radius 2 is 2.10 bits per heavy atom. The largest absolute Gasteiger partial charge is 0.497 e. The van der Waals surface area contributed by atoms with Crippen molar-refractivity contribution in [2.75, 3.05) is 14.2 Å². The van der Waals surface area contributed by atoms with Gasteiger partial charge in [0.05, 0.1) is 20.3 Å². The van der Waals surface area contributed by atoms with Crippen LogP contribution in [-0.4, -0.2) is 30.3 Å². The van der Waals surface area contributed by atoms with E-state index in [2.05, 4.69) is 15.5 Å². The number of halogens is 1. The predicted molar refractivity (Wildman–Crippen MR) is 80.3 cm³/mol. The molecule has 1 atom stereocenters. The molecule has 2 aromatic rings. The maximum absolute atomic E-state index is 12.1. The van der Waals surface area contributed by atoms with Gasteiger partial charge in [-0.2, -0.15) is 0 Å². The highest BCUT2D eigenvalue weighted by atomic mass is 35.5. The van der Waals surface area contributed by atoms with Crippen molar-refractivity contribution in [3.63, 3.8) is 0 Å². The van der Waals surface area contributed by atoms with Crippen molar-refractivity contribution in [1.82, 2.24) is 15.5 Å². The Hall–Kier alpha value is -1.86. The number of hydrogen-bond donors (Lipinski definition) is 1. The molecule has 0 aliphatic rings. The third-order valence-electron chi connectivity index (χ3n) is 2.85. The number of nitrogens with one attached hydrogen (secondary N) is 1. The average Bonchev–Trinajstić information content (AvgIpc) is 2.93. The maximum Gasteiger partial charge on any atom is 0.282 e. The third kappa shape index (κ3) is 3.62. The lowest BCUT2D eigenvalue weighted by atomic mass is 10.1. The molecule has 1 aromatic heterocycles. The Kier molecular flexibility index (Phi) is 4.98. The highest BCUT2D eigenvalue weighted by molar-refractivity contribution is 7.17. The lowest BCUT2D eigenvalue weighted by Crippen LogP contribution is -2.26. The molecule has 21 heavy (non-hydrogen) atoms. The molecule has 112 valence electrons. The zero-order valence-corrected chi connectivity index (χ0v) is 13.3. The molecule has 1 aromatic carbocycles. The summed E-state index contributed by atoms with van der Waals surface area (Å²) in [5, 5.41) is 10.4. The van der Waals surface area contributed by atoms with Crippen molar-refractivity contribution in [3.05, 3.63) is 33.2 Å². The zero-order valence-electron chi connectivity index (χ0n) is 11.7. The number of carbonyl (C=O) groups excluding carboxylic acids is 1. The molecule has 1 N–H and O–H groups in total. The van der Waals surface area contributed by atoms with Crippen molar-refractivity contribution in [3.8, 4) is 11.5 Å². The lowest BCUT2D eigenvalue weighted by Gasteiger charge is -2.17. The van der Waals surface area contributed by atoms with Gasteiger partial charge in [-0.15, -0.1) is 10.2 Å². The minimum absolute atomic E-state index is 0.216. The number of amides is 1. The van der Waals surface area contributed by atoms with Crippen molar-refractivity contribution >= 4 is 28.8 Å². The second-order valence-corrected chi connectivity index (χ2v) is 5.72. The monoisotopic (exact) mass is 327 g/mol. The summed E-state index contributed by atoms with van der Waals surface area (Å²) in [6.07, 6.45) is 0. The second-order valence-electron chi connectivity index (χ2n) is 4.16. The first kappa shape index (κ1) is 15.5. The van der Waals surface area contributed by atoms with Crippen LogP contribution in [0.3, 0.4) is 0 Å². The number of carbonyl (C=O) groups is 1. The first-order valence-electron chi connectivity index (χ1n) is 6.07. The molecular weight excluding hydrogens is 314 g/mol. The van der Waals surface area contributed by atoms with Gasteiger partial charge in [0.1, 0.15) is 11.5 Å². The van der Waals surface area contributed by atoms with Crippen molar-refractivity contribution in [1.29, 1.82) is 0 Å². The molecule has 0 radical (unpaired) electrons. The molecule has 1 unspecified atom stereocenters. The standard InChI is InChI=1S/C13H14ClN3O3S/c1-7(15-11(18)12-16-17-13(14)21-12)9-6-8(19-2)4-5-10(9)20-3/h4-7H,1-3H3,(H,15,18). The van der Waals surface area contributed by atoms with Gasteiger partial charge in [0.25, 0.3) is 5.91 Å². The van der Waals surface area contributed by atoms with Crippen molar-refractivity contribution < 1.29 is 14.3 Å². The quantitative estimate of drug-likeness (QED) is 0.914. The van der Waals surface area contributed by atoms with Crippen molar-refractivity contribution in [2.24, 2.45) is 0 Å². The number of aromatic nitrogens is 2. The van der Waals surface area contributed by atoms with Gasteiger partial charge in [0.2, 0.25) is 9.47 Å². The van der Waals surface area contributed by atoms with E-state index in [-0.39, 0.29) is 21.4 Å². The van der Waals surface area contributed by atoms with E-state index >= 15 is 0 Å². The summed E-state index contributed by atoms with van der Waals surface area (Å²) >= 11 is 6.70. The van der Waals surface area contributed by atoms with Crippen LogP contribution in [0.2, 0.25) is 4.47 Å². The van der Waals surface area contributed by atoms with Crippen LogP contribution in [-0.2, 0) is 0 Å². The highest BCUT2D eigenvalue weighted by Crippen LogP contribution is 2.29. The van der Waals surface area contributed by atoms with Gasteiger partial charge in [-0.05, 0) is 36.7 Å². The molecule has 0 saturated carbocycles. The van der Waals surface area contributed by atoms with E-state index < -0.39 is 0 Å². The summed E-state index contributed by atoms with van der Waals surface area (Å²) < 4.78 is 10.7. The van der Waals surface area contributed by atoms with E-state index in [0.29, 0.717) is 11.5 Å². The fourth-order valence-electron chi connectivity index (χ4n) is 1.81. The van der Waals surface area contributed by atoms with Crippen LogP contribution >= 0.6 is 22.9 Å². The smallest absolute Gasteiger partial charge is 0.282 e. The van der Waals surface area contributed by atoms with E-state index in [9.17, 15) is 4.79 Å². The van der Waals surface area contributed by atoms with Gasteiger partial charge in [0, 0.05) is 5.56 Å². The molecule has 0 aliphatic heterocycles. The molecule has 8 heteroatoms. The number of ether oxygens (including phenoxy) is 2. The van der Waals surface area contributed by atoms with E-state index in [4.69, 9.17) is 21.1 Å². The average molecular weight is 328 g/mol. The minimum Gasteiger partial charge on any atom is -0.497 e. The van der Waals surface area contributed by atoms with Crippen LogP contribution in [0.15, 0.2) is 18.2 Å². The molecular formula is C13H14ClN3O3S. The maximum atomic E-state index is 12.1. The van der Waals surface area contributed by atoms with Gasteiger partial charge in [0.15, 0.2) is 0 Å². The number of hydrogen-bond acceptors (Lipinski definition) is 6. The van der Waals surface area contributed by atoms with Gasteiger partial charge in [-0.1, -0.05) is 11.3 Å². The Morgan fingerprint density at radius 1 is 1.33 bits per heavy atom. The van der Waals surface area contributed by atoms with Crippen molar-refractivity contribution in [2.45, 2.75) is 13.0 Å². The molecule has 2 rings (SSSR count). The fraction of sp³-hybridized carbons (Fsp3) is 0.308. The molecule has 0 aliphatic carbocycles. The Morgan fingerprint density at radius 3 is 2.67 bits per heavy atom.